The highest BCUT2D eigenvalue weighted by molar-refractivity contribution is 6.24. The maximum Gasteiger partial charge on any atom is 0.164 e. The average molecular weight is 432 g/mol. The van der Waals surface area contributed by atoms with Crippen molar-refractivity contribution in [3.8, 4) is 0 Å². The first-order valence-corrected chi connectivity index (χ1v) is 11.6. The fourth-order valence-corrected chi connectivity index (χ4v) is 4.43. The smallest absolute Gasteiger partial charge is 0.164 e. The van der Waals surface area contributed by atoms with E-state index in [2.05, 4.69) is 47.2 Å². The highest BCUT2D eigenvalue weighted by Crippen LogP contribution is 2.26. The maximum atomic E-state index is 12.9. The number of carbonyl (C=O) groups excluding carboxylic acids is 1. The molecule has 2 aromatic heterocycles. The van der Waals surface area contributed by atoms with Crippen LogP contribution in [0.1, 0.15) is 54.9 Å². The van der Waals surface area contributed by atoms with E-state index < -0.39 is 0 Å². The van der Waals surface area contributed by atoms with E-state index in [4.69, 9.17) is 4.98 Å². The first-order chi connectivity index (χ1) is 15.4. The number of hydrogen-bond acceptors (Lipinski definition) is 5. The third kappa shape index (κ3) is 4.46. The van der Waals surface area contributed by atoms with Crippen LogP contribution in [-0.4, -0.2) is 45.8 Å². The van der Waals surface area contributed by atoms with Crippen molar-refractivity contribution in [3.63, 3.8) is 0 Å². The third-order valence-electron chi connectivity index (χ3n) is 6.29. The van der Waals surface area contributed by atoms with Crippen molar-refractivity contribution in [2.45, 2.75) is 53.5 Å². The average Bonchev–Trinajstić information content (AvgIpc) is 3.21. The number of aromatic nitrogens is 3. The minimum atomic E-state index is 0.0899. The van der Waals surface area contributed by atoms with Gasteiger partial charge >= 0.3 is 0 Å². The van der Waals surface area contributed by atoms with Crippen LogP contribution in [0.2, 0.25) is 0 Å². The van der Waals surface area contributed by atoms with Crippen molar-refractivity contribution in [2.75, 3.05) is 24.5 Å². The Bertz CT molecular complexity index is 1180. The second-order valence-corrected chi connectivity index (χ2v) is 8.71. The maximum absolute atomic E-state index is 12.9. The zero-order valence-electron chi connectivity index (χ0n) is 19.8. The minimum absolute atomic E-state index is 0.0899. The lowest BCUT2D eigenvalue weighted by Gasteiger charge is -2.35. The third-order valence-corrected chi connectivity index (χ3v) is 6.29. The number of Topliss-reactive ketones (excluding diaryl/α,β-unsaturated/α-hetero) is 1. The molecule has 3 heterocycles. The van der Waals surface area contributed by atoms with Gasteiger partial charge < -0.3 is 14.6 Å². The van der Waals surface area contributed by atoms with Gasteiger partial charge in [-0.05, 0) is 56.5 Å². The van der Waals surface area contributed by atoms with E-state index in [9.17, 15) is 4.79 Å². The largest absolute Gasteiger partial charge is 0.369 e. The zero-order chi connectivity index (χ0) is 22.8. The molecule has 0 radical (unpaired) electrons. The summed E-state index contributed by atoms with van der Waals surface area (Å²) in [6.07, 6.45) is 7.45. The Morgan fingerprint density at radius 2 is 2.00 bits per heavy atom. The van der Waals surface area contributed by atoms with Crippen LogP contribution in [0, 0.1) is 20.8 Å². The van der Waals surface area contributed by atoms with E-state index in [1.165, 1.54) is 5.69 Å². The Morgan fingerprint density at radius 3 is 2.72 bits per heavy atom. The monoisotopic (exact) mass is 431 g/mol. The number of piperazine rings is 1. The molecule has 1 fully saturated rings. The van der Waals surface area contributed by atoms with Gasteiger partial charge in [0.1, 0.15) is 0 Å². The standard InChI is InChI=1S/C26H33N5O/c1-6-21-15-30(11-10-27-21)22-9-8-20(17(3)12-22)13-23(25(32)7-2)24-16-31-14-18(4)28-19(5)26(31)29-24/h8-9,12-14,16,21,27H,6-7,10-11,15H2,1-5H3/b23-13-/t21-/m0/s1. The second-order valence-electron chi connectivity index (χ2n) is 8.71. The van der Waals surface area contributed by atoms with Crippen LogP contribution >= 0.6 is 0 Å². The fraction of sp³-hybridized carbons (Fsp3) is 0.423. The van der Waals surface area contributed by atoms with Gasteiger partial charge in [0, 0.05) is 55.8 Å². The molecular weight excluding hydrogens is 398 g/mol. The van der Waals surface area contributed by atoms with Crippen LogP contribution in [0.15, 0.2) is 30.6 Å². The molecule has 4 rings (SSSR count). The molecule has 0 spiro atoms. The SMILES string of the molecule is CCC(=O)/C(=C\c1ccc(N2CCN[C@@H](CC)C2)cc1C)c1cn2cc(C)nc(C)c2n1. The van der Waals surface area contributed by atoms with Crippen molar-refractivity contribution in [1.29, 1.82) is 0 Å². The van der Waals surface area contributed by atoms with Gasteiger partial charge in [-0.3, -0.25) is 9.78 Å². The summed E-state index contributed by atoms with van der Waals surface area (Å²) in [5, 5.41) is 3.57. The summed E-state index contributed by atoms with van der Waals surface area (Å²) in [5.41, 5.74) is 7.38. The predicted molar refractivity (Wildman–Crippen MR) is 131 cm³/mol. The molecule has 168 valence electrons. The molecule has 1 N–H and O–H groups in total. The lowest BCUT2D eigenvalue weighted by Crippen LogP contribution is -2.50. The van der Waals surface area contributed by atoms with Crippen molar-refractivity contribution in [2.24, 2.45) is 0 Å². The van der Waals surface area contributed by atoms with Crippen LogP contribution in [-0.2, 0) is 4.79 Å². The summed E-state index contributed by atoms with van der Waals surface area (Å²) in [7, 11) is 0. The number of anilines is 1. The molecule has 0 aliphatic carbocycles. The number of imidazole rings is 1. The number of hydrogen-bond donors (Lipinski definition) is 1. The van der Waals surface area contributed by atoms with Crippen molar-refractivity contribution < 1.29 is 4.79 Å². The van der Waals surface area contributed by atoms with Gasteiger partial charge in [-0.2, -0.15) is 0 Å². The molecular formula is C26H33N5O. The molecule has 1 atom stereocenters. The van der Waals surface area contributed by atoms with E-state index in [-0.39, 0.29) is 5.78 Å². The zero-order valence-corrected chi connectivity index (χ0v) is 19.8. The van der Waals surface area contributed by atoms with Crippen molar-refractivity contribution >= 4 is 28.8 Å². The predicted octanol–water partition coefficient (Wildman–Crippen LogP) is 4.36. The van der Waals surface area contributed by atoms with Gasteiger partial charge in [0.25, 0.3) is 0 Å². The van der Waals surface area contributed by atoms with Crippen molar-refractivity contribution in [3.05, 3.63) is 58.8 Å². The topological polar surface area (TPSA) is 62.5 Å². The summed E-state index contributed by atoms with van der Waals surface area (Å²) < 4.78 is 1.97. The van der Waals surface area contributed by atoms with E-state index in [0.29, 0.717) is 23.7 Å². The summed E-state index contributed by atoms with van der Waals surface area (Å²) >= 11 is 0. The van der Waals surface area contributed by atoms with Gasteiger partial charge in [-0.15, -0.1) is 0 Å². The van der Waals surface area contributed by atoms with Crippen molar-refractivity contribution in [1.82, 2.24) is 19.7 Å². The van der Waals surface area contributed by atoms with Crippen LogP contribution in [0.25, 0.3) is 17.3 Å². The molecule has 0 saturated carbocycles. The number of ketones is 1. The summed E-state index contributed by atoms with van der Waals surface area (Å²) in [5.74, 6) is 0.0899. The summed E-state index contributed by atoms with van der Waals surface area (Å²) in [6.45, 7) is 13.2. The van der Waals surface area contributed by atoms with Gasteiger partial charge in [0.05, 0.1) is 17.1 Å². The second kappa shape index (κ2) is 9.25. The summed E-state index contributed by atoms with van der Waals surface area (Å²) in [4.78, 5) is 24.6. The van der Waals surface area contributed by atoms with Gasteiger partial charge in [-0.1, -0.05) is 19.9 Å². The normalized spacial score (nSPS) is 17.2. The molecule has 0 bridgehead atoms. The lowest BCUT2D eigenvalue weighted by atomic mass is 9.99. The lowest BCUT2D eigenvalue weighted by molar-refractivity contribution is -0.113. The molecule has 0 amide bonds. The number of rotatable bonds is 6. The Hall–Kier alpha value is -2.99. The molecule has 3 aromatic rings. The molecule has 6 heteroatoms. The number of nitrogens with zero attached hydrogens (tertiary/aromatic N) is 4. The minimum Gasteiger partial charge on any atom is -0.369 e. The van der Waals surface area contributed by atoms with Gasteiger partial charge in [0.2, 0.25) is 0 Å². The molecule has 1 aromatic carbocycles. The van der Waals surface area contributed by atoms with E-state index in [1.54, 1.807) is 0 Å². The highest BCUT2D eigenvalue weighted by atomic mass is 16.1. The quantitative estimate of drug-likeness (QED) is 0.588. The Labute approximate surface area is 190 Å². The number of fused-ring (bicyclic) bond motifs is 1. The number of nitrogens with one attached hydrogen (secondary N) is 1. The van der Waals surface area contributed by atoms with E-state index in [1.807, 2.05) is 43.6 Å². The fourth-order valence-electron chi connectivity index (χ4n) is 4.43. The molecule has 1 aliphatic heterocycles. The first kappa shape index (κ1) is 22.2. The molecule has 1 saturated heterocycles. The van der Waals surface area contributed by atoms with Crippen LogP contribution < -0.4 is 10.2 Å². The van der Waals surface area contributed by atoms with Crippen LogP contribution in [0.4, 0.5) is 5.69 Å². The number of benzene rings is 1. The Morgan fingerprint density at radius 1 is 1.19 bits per heavy atom. The summed E-state index contributed by atoms with van der Waals surface area (Å²) in [6, 6.07) is 7.07. The first-order valence-electron chi connectivity index (χ1n) is 11.6. The van der Waals surface area contributed by atoms with E-state index >= 15 is 0 Å². The Kier molecular flexibility index (Phi) is 6.42. The van der Waals surface area contributed by atoms with Gasteiger partial charge in [0.15, 0.2) is 11.4 Å². The Balaban J connectivity index is 1.70. The van der Waals surface area contributed by atoms with Gasteiger partial charge in [-0.25, -0.2) is 4.98 Å². The van der Waals surface area contributed by atoms with E-state index in [0.717, 1.165) is 54.2 Å². The highest BCUT2D eigenvalue weighted by Gasteiger charge is 2.19. The molecule has 0 unspecified atom stereocenters. The van der Waals surface area contributed by atoms with Crippen LogP contribution in [0.3, 0.4) is 0 Å². The molecule has 6 nitrogen and oxygen atoms in total. The number of aryl methyl sites for hydroxylation is 3. The van der Waals surface area contributed by atoms with Crippen LogP contribution in [0.5, 0.6) is 0 Å². The molecule has 1 aliphatic rings. The number of carbonyl (C=O) groups is 1. The molecule has 32 heavy (non-hydrogen) atoms. The number of allylic oxidation sites excluding steroid dienone is 1.